The first-order valence-electron chi connectivity index (χ1n) is 9.36. The number of aliphatic imine (C=N–C) groups is 1. The molecular formula is C23H26N2O4. The molecule has 1 aliphatic heterocycles. The summed E-state index contributed by atoms with van der Waals surface area (Å²) in [5.41, 5.74) is 2.45. The molecule has 0 aliphatic carbocycles. The molecule has 152 valence electrons. The number of ether oxygens (including phenoxy) is 1. The number of phenolic OH excluding ortho intramolecular Hbond substituents is 2. The van der Waals surface area contributed by atoms with Gasteiger partial charge in [0.05, 0.1) is 18.9 Å². The molecule has 29 heavy (non-hydrogen) atoms. The average Bonchev–Trinajstić information content (AvgIpc) is 2.70. The fourth-order valence-corrected chi connectivity index (χ4v) is 3.50. The van der Waals surface area contributed by atoms with Crippen molar-refractivity contribution in [2.45, 2.75) is 31.7 Å². The van der Waals surface area contributed by atoms with Crippen LogP contribution in [0, 0.1) is 0 Å². The number of nitrogens with zero attached hydrogens (tertiary/aromatic N) is 2. The van der Waals surface area contributed by atoms with Gasteiger partial charge in [-0.05, 0) is 35.9 Å². The smallest absolute Gasteiger partial charge is 0.344 e. The lowest BCUT2D eigenvalue weighted by molar-refractivity contribution is 0.197. The van der Waals surface area contributed by atoms with E-state index in [1.165, 1.54) is 7.11 Å². The van der Waals surface area contributed by atoms with E-state index < -0.39 is 5.41 Å². The van der Waals surface area contributed by atoms with E-state index in [0.717, 1.165) is 11.1 Å². The van der Waals surface area contributed by atoms with Gasteiger partial charge in [-0.25, -0.2) is 4.79 Å². The molecule has 2 aromatic carbocycles. The maximum atomic E-state index is 12.6. The van der Waals surface area contributed by atoms with Gasteiger partial charge in [0.1, 0.15) is 17.2 Å². The summed E-state index contributed by atoms with van der Waals surface area (Å²) in [5, 5.41) is 20.1. The molecule has 1 aliphatic rings. The van der Waals surface area contributed by atoms with Crippen molar-refractivity contribution in [3.05, 3.63) is 65.7 Å². The normalized spacial score (nSPS) is 17.1. The fourth-order valence-electron chi connectivity index (χ4n) is 3.50. The predicted octanol–water partition coefficient (Wildman–Crippen LogP) is 4.56. The van der Waals surface area contributed by atoms with E-state index in [1.807, 2.05) is 19.9 Å². The van der Waals surface area contributed by atoms with E-state index >= 15 is 0 Å². The minimum atomic E-state index is -0.462. The SMILES string of the molecule is C=CC(C)(C)c1cc(C2CC(c3ccc(O)cc3)=NC(=O)N2C)c(OC)cc1O. The summed E-state index contributed by atoms with van der Waals surface area (Å²) in [6, 6.07) is 9.41. The number of methoxy groups -OCH3 is 1. The van der Waals surface area contributed by atoms with Crippen LogP contribution in [0.25, 0.3) is 0 Å². The van der Waals surface area contributed by atoms with Gasteiger partial charge in [-0.15, -0.1) is 6.58 Å². The number of phenols is 2. The Kier molecular flexibility index (Phi) is 5.38. The first-order chi connectivity index (χ1) is 13.7. The van der Waals surface area contributed by atoms with Gasteiger partial charge in [0, 0.05) is 36.1 Å². The second kappa shape index (κ2) is 7.62. The quantitative estimate of drug-likeness (QED) is 0.729. The highest BCUT2D eigenvalue weighted by atomic mass is 16.5. The molecule has 6 heteroatoms. The van der Waals surface area contributed by atoms with Crippen molar-refractivity contribution in [2.75, 3.05) is 14.2 Å². The highest BCUT2D eigenvalue weighted by Crippen LogP contribution is 2.42. The number of carbonyl (C=O) groups excluding carboxylic acids is 1. The number of urea groups is 1. The minimum Gasteiger partial charge on any atom is -0.508 e. The van der Waals surface area contributed by atoms with E-state index in [1.54, 1.807) is 48.4 Å². The topological polar surface area (TPSA) is 82.4 Å². The zero-order valence-corrected chi connectivity index (χ0v) is 17.1. The van der Waals surface area contributed by atoms with Crippen LogP contribution in [0.1, 0.15) is 43.0 Å². The first kappa shape index (κ1) is 20.5. The molecule has 0 saturated heterocycles. The highest BCUT2D eigenvalue weighted by molar-refractivity contribution is 6.08. The second-order valence-corrected chi connectivity index (χ2v) is 7.76. The van der Waals surface area contributed by atoms with Gasteiger partial charge in [-0.3, -0.25) is 0 Å². The third-order valence-electron chi connectivity index (χ3n) is 5.50. The van der Waals surface area contributed by atoms with Crippen molar-refractivity contribution in [1.82, 2.24) is 4.90 Å². The summed E-state index contributed by atoms with van der Waals surface area (Å²) < 4.78 is 5.52. The second-order valence-electron chi connectivity index (χ2n) is 7.76. The first-order valence-corrected chi connectivity index (χ1v) is 9.36. The lowest BCUT2D eigenvalue weighted by atomic mass is 9.81. The van der Waals surface area contributed by atoms with E-state index in [4.69, 9.17) is 4.74 Å². The van der Waals surface area contributed by atoms with Crippen molar-refractivity contribution in [2.24, 2.45) is 4.99 Å². The summed E-state index contributed by atoms with van der Waals surface area (Å²) in [7, 11) is 3.24. The summed E-state index contributed by atoms with van der Waals surface area (Å²) in [6.45, 7) is 7.80. The van der Waals surface area contributed by atoms with Crippen molar-refractivity contribution in [1.29, 1.82) is 0 Å². The Balaban J connectivity index is 2.10. The van der Waals surface area contributed by atoms with Crippen molar-refractivity contribution in [3.63, 3.8) is 0 Å². The maximum Gasteiger partial charge on any atom is 0.344 e. The van der Waals surface area contributed by atoms with Crippen LogP contribution < -0.4 is 4.74 Å². The molecule has 0 spiro atoms. The molecule has 2 N–H and O–H groups in total. The van der Waals surface area contributed by atoms with Crippen molar-refractivity contribution in [3.8, 4) is 17.2 Å². The standard InChI is InChI=1S/C23H26N2O4/c1-6-23(2,3)17-11-16(21(29-5)13-20(17)27)19-12-18(24-22(28)25(19)4)14-7-9-15(26)10-8-14/h6-11,13,19,26-27H,1,12H2,2-5H3. The van der Waals surface area contributed by atoms with Gasteiger partial charge in [0.15, 0.2) is 0 Å². The largest absolute Gasteiger partial charge is 0.508 e. The van der Waals surface area contributed by atoms with Crippen LogP contribution in [-0.2, 0) is 5.41 Å². The van der Waals surface area contributed by atoms with Gasteiger partial charge < -0.3 is 19.8 Å². The molecule has 6 nitrogen and oxygen atoms in total. The molecular weight excluding hydrogens is 368 g/mol. The van der Waals surface area contributed by atoms with Crippen LogP contribution in [0.2, 0.25) is 0 Å². The van der Waals surface area contributed by atoms with Gasteiger partial charge in [0.2, 0.25) is 0 Å². The number of hydrogen-bond acceptors (Lipinski definition) is 4. The lowest BCUT2D eigenvalue weighted by Crippen LogP contribution is -2.36. The molecule has 1 heterocycles. The Labute approximate surface area is 170 Å². The summed E-state index contributed by atoms with van der Waals surface area (Å²) in [5.74, 6) is 0.775. The summed E-state index contributed by atoms with van der Waals surface area (Å²) >= 11 is 0. The van der Waals surface area contributed by atoms with Gasteiger partial charge >= 0.3 is 6.03 Å². The molecule has 0 bridgehead atoms. The molecule has 1 unspecified atom stereocenters. The molecule has 3 rings (SSSR count). The number of amides is 2. The lowest BCUT2D eigenvalue weighted by Gasteiger charge is -2.33. The monoisotopic (exact) mass is 394 g/mol. The summed E-state index contributed by atoms with van der Waals surface area (Å²) in [4.78, 5) is 18.4. The molecule has 0 fully saturated rings. The Morgan fingerprint density at radius 1 is 1.24 bits per heavy atom. The highest BCUT2D eigenvalue weighted by Gasteiger charge is 2.33. The van der Waals surface area contributed by atoms with Crippen molar-refractivity contribution < 1.29 is 19.7 Å². The van der Waals surface area contributed by atoms with Crippen LogP contribution in [0.3, 0.4) is 0 Å². The predicted molar refractivity (Wildman–Crippen MR) is 113 cm³/mol. The molecule has 0 radical (unpaired) electrons. The molecule has 1 atom stereocenters. The van der Waals surface area contributed by atoms with Crippen molar-refractivity contribution >= 4 is 11.7 Å². The van der Waals surface area contributed by atoms with Crippen LogP contribution in [-0.4, -0.2) is 41.0 Å². The van der Waals surface area contributed by atoms with Crippen LogP contribution in [0.5, 0.6) is 17.2 Å². The number of carbonyl (C=O) groups is 1. The van der Waals surface area contributed by atoms with E-state index in [0.29, 0.717) is 23.4 Å². The Hall–Kier alpha value is -3.28. The number of rotatable bonds is 5. The Bertz CT molecular complexity index is 977. The van der Waals surface area contributed by atoms with E-state index in [9.17, 15) is 15.0 Å². The van der Waals surface area contributed by atoms with Crippen LogP contribution in [0.15, 0.2) is 54.0 Å². The summed E-state index contributed by atoms with van der Waals surface area (Å²) in [6.07, 6.45) is 2.25. The average molecular weight is 394 g/mol. The fraction of sp³-hybridized carbons (Fsp3) is 0.304. The molecule has 0 aromatic heterocycles. The van der Waals surface area contributed by atoms with Gasteiger partial charge in [0.25, 0.3) is 0 Å². The molecule has 2 aromatic rings. The zero-order valence-electron chi connectivity index (χ0n) is 17.1. The van der Waals surface area contributed by atoms with Gasteiger partial charge in [-0.2, -0.15) is 4.99 Å². The van der Waals surface area contributed by atoms with Crippen LogP contribution in [0.4, 0.5) is 4.79 Å². The molecule has 2 amide bonds. The number of hydrogen-bond donors (Lipinski definition) is 2. The van der Waals surface area contributed by atoms with E-state index in [2.05, 4.69) is 11.6 Å². The minimum absolute atomic E-state index is 0.118. The molecule has 0 saturated carbocycles. The number of aromatic hydroxyl groups is 2. The third kappa shape index (κ3) is 3.83. The zero-order chi connectivity index (χ0) is 21.3. The number of benzene rings is 2. The third-order valence-corrected chi connectivity index (χ3v) is 5.50. The van der Waals surface area contributed by atoms with Crippen LogP contribution >= 0.6 is 0 Å². The Morgan fingerprint density at radius 2 is 1.90 bits per heavy atom. The van der Waals surface area contributed by atoms with Gasteiger partial charge in [-0.1, -0.05) is 19.9 Å². The maximum absolute atomic E-state index is 12.6. The number of allylic oxidation sites excluding steroid dienone is 1. The Morgan fingerprint density at radius 3 is 2.48 bits per heavy atom. The van der Waals surface area contributed by atoms with E-state index in [-0.39, 0.29) is 23.6 Å².